The predicted molar refractivity (Wildman–Crippen MR) is 72.1 cm³/mol. The van der Waals surface area contributed by atoms with Gasteiger partial charge in [-0.2, -0.15) is 5.26 Å². The van der Waals surface area contributed by atoms with E-state index in [9.17, 15) is 14.0 Å². The lowest BCUT2D eigenvalue weighted by Gasteiger charge is -2.30. The molecule has 1 heterocycles. The van der Waals surface area contributed by atoms with Crippen LogP contribution in [0.1, 0.15) is 18.4 Å². The maximum Gasteiger partial charge on any atom is 0.321 e. The summed E-state index contributed by atoms with van der Waals surface area (Å²) in [5, 5.41) is 20.3. The lowest BCUT2D eigenvalue weighted by Crippen LogP contribution is -2.44. The maximum atomic E-state index is 13.2. The zero-order valence-corrected chi connectivity index (χ0v) is 11.2. The smallest absolute Gasteiger partial charge is 0.321 e. The first-order valence-corrected chi connectivity index (χ1v) is 6.49. The molecule has 1 aromatic carbocycles. The average molecular weight is 291 g/mol. The summed E-state index contributed by atoms with van der Waals surface area (Å²) in [7, 11) is 0. The summed E-state index contributed by atoms with van der Waals surface area (Å²) in [5.74, 6) is -2.13. The number of nitrogens with zero attached hydrogens (tertiary/aromatic N) is 2. The Hall–Kier alpha value is -2.62. The van der Waals surface area contributed by atoms with Crippen molar-refractivity contribution < 1.29 is 19.1 Å². The van der Waals surface area contributed by atoms with Gasteiger partial charge < -0.3 is 15.3 Å². The summed E-state index contributed by atoms with van der Waals surface area (Å²) in [6.07, 6.45) is 1.17. The van der Waals surface area contributed by atoms with Gasteiger partial charge in [0.05, 0.1) is 11.5 Å². The number of hydrogen-bond acceptors (Lipinski definition) is 3. The van der Waals surface area contributed by atoms with Gasteiger partial charge in [-0.3, -0.25) is 4.79 Å². The van der Waals surface area contributed by atoms with Gasteiger partial charge in [-0.25, -0.2) is 9.18 Å². The molecule has 1 aromatic rings. The van der Waals surface area contributed by atoms with Crippen LogP contribution in [0.2, 0.25) is 0 Å². The minimum atomic E-state index is -0.916. The molecule has 2 rings (SSSR count). The number of carbonyl (C=O) groups excluding carboxylic acids is 1. The Bertz CT molecular complexity index is 612. The van der Waals surface area contributed by atoms with E-state index in [4.69, 9.17) is 10.4 Å². The first kappa shape index (κ1) is 14.8. The van der Waals surface area contributed by atoms with Crippen molar-refractivity contribution in [2.75, 3.05) is 18.4 Å². The second kappa shape index (κ2) is 6.22. The number of anilines is 1. The number of carboxylic acid groups (broad SMARTS) is 1. The van der Waals surface area contributed by atoms with E-state index < -0.39 is 23.7 Å². The van der Waals surface area contributed by atoms with Crippen molar-refractivity contribution in [1.82, 2.24) is 4.90 Å². The van der Waals surface area contributed by atoms with E-state index in [1.807, 2.05) is 0 Å². The summed E-state index contributed by atoms with van der Waals surface area (Å²) in [6.45, 7) is 0.620. The van der Waals surface area contributed by atoms with Gasteiger partial charge >= 0.3 is 12.0 Å². The molecule has 0 unspecified atom stereocenters. The van der Waals surface area contributed by atoms with Crippen molar-refractivity contribution in [3.8, 4) is 6.07 Å². The van der Waals surface area contributed by atoms with Crippen LogP contribution in [0.4, 0.5) is 14.9 Å². The quantitative estimate of drug-likeness (QED) is 0.871. The molecule has 21 heavy (non-hydrogen) atoms. The number of piperidine rings is 1. The highest BCUT2D eigenvalue weighted by Gasteiger charge is 2.28. The zero-order chi connectivity index (χ0) is 15.4. The van der Waals surface area contributed by atoms with Crippen LogP contribution >= 0.6 is 0 Å². The number of hydrogen-bond donors (Lipinski definition) is 2. The molecule has 1 aliphatic rings. The van der Waals surface area contributed by atoms with Crippen LogP contribution in [0.15, 0.2) is 18.2 Å². The van der Waals surface area contributed by atoms with Crippen molar-refractivity contribution in [3.63, 3.8) is 0 Å². The minimum absolute atomic E-state index is 0.146. The number of nitrogens with one attached hydrogen (secondary N) is 1. The molecule has 0 aromatic heterocycles. The summed E-state index contributed by atoms with van der Waals surface area (Å²) in [6, 6.07) is 4.94. The third-order valence-electron chi connectivity index (χ3n) is 3.40. The fourth-order valence-corrected chi connectivity index (χ4v) is 2.25. The largest absolute Gasteiger partial charge is 0.481 e. The van der Waals surface area contributed by atoms with Crippen LogP contribution in [-0.4, -0.2) is 35.1 Å². The highest BCUT2D eigenvalue weighted by molar-refractivity contribution is 5.90. The van der Waals surface area contributed by atoms with Crippen molar-refractivity contribution >= 4 is 17.7 Å². The number of amides is 2. The number of carbonyl (C=O) groups is 2. The van der Waals surface area contributed by atoms with Gasteiger partial charge in [0, 0.05) is 18.8 Å². The molecule has 0 spiro atoms. The second-order valence-electron chi connectivity index (χ2n) is 4.86. The summed E-state index contributed by atoms with van der Waals surface area (Å²) in [4.78, 5) is 24.4. The number of rotatable bonds is 2. The maximum absolute atomic E-state index is 13.2. The normalized spacial score (nSPS) is 17.9. The summed E-state index contributed by atoms with van der Waals surface area (Å²) in [5.41, 5.74) is 0.144. The Labute approximate surface area is 120 Å². The molecule has 1 fully saturated rings. The monoisotopic (exact) mass is 291 g/mol. The number of carboxylic acids is 1. The molecule has 0 bridgehead atoms. The Morgan fingerprint density at radius 3 is 2.90 bits per heavy atom. The van der Waals surface area contributed by atoms with E-state index in [1.165, 1.54) is 17.0 Å². The third-order valence-corrected chi connectivity index (χ3v) is 3.40. The van der Waals surface area contributed by atoms with Crippen LogP contribution in [0.5, 0.6) is 0 Å². The average Bonchev–Trinajstić information content (AvgIpc) is 2.49. The number of aliphatic carboxylic acids is 1. The number of nitriles is 1. The summed E-state index contributed by atoms with van der Waals surface area (Å²) >= 11 is 0. The standard InChI is InChI=1S/C14H14FN3O3/c15-12-4-3-11(6-10(12)7-16)17-14(21)18-5-1-2-9(8-18)13(19)20/h3-4,6,9H,1-2,5,8H2,(H,17,21)(H,19,20)/t9-/m0/s1. The Morgan fingerprint density at radius 1 is 1.48 bits per heavy atom. The van der Waals surface area contributed by atoms with Gasteiger partial charge in [0.1, 0.15) is 11.9 Å². The number of likely N-dealkylation sites (tertiary alicyclic amines) is 1. The van der Waals surface area contributed by atoms with Crippen LogP contribution < -0.4 is 5.32 Å². The van der Waals surface area contributed by atoms with Gasteiger partial charge in [0.2, 0.25) is 0 Å². The van der Waals surface area contributed by atoms with Crippen LogP contribution in [0.3, 0.4) is 0 Å². The lowest BCUT2D eigenvalue weighted by atomic mass is 9.99. The fraction of sp³-hybridized carbons (Fsp3) is 0.357. The number of urea groups is 1. The molecule has 1 aliphatic heterocycles. The van der Waals surface area contributed by atoms with Crippen molar-refractivity contribution in [2.24, 2.45) is 5.92 Å². The van der Waals surface area contributed by atoms with Gasteiger partial charge in [-0.15, -0.1) is 0 Å². The lowest BCUT2D eigenvalue weighted by molar-refractivity contribution is -0.143. The Morgan fingerprint density at radius 2 is 2.24 bits per heavy atom. The summed E-state index contributed by atoms with van der Waals surface area (Å²) < 4.78 is 13.2. The van der Waals surface area contributed by atoms with E-state index in [0.717, 1.165) is 6.07 Å². The van der Waals surface area contributed by atoms with Crippen LogP contribution in [0, 0.1) is 23.1 Å². The molecule has 1 saturated heterocycles. The highest BCUT2D eigenvalue weighted by Crippen LogP contribution is 2.19. The fourth-order valence-electron chi connectivity index (χ4n) is 2.25. The van der Waals surface area contributed by atoms with E-state index in [2.05, 4.69) is 5.32 Å². The Kier molecular flexibility index (Phi) is 4.38. The molecular formula is C14H14FN3O3. The van der Waals surface area contributed by atoms with Gasteiger partial charge in [-0.05, 0) is 31.0 Å². The number of benzene rings is 1. The highest BCUT2D eigenvalue weighted by atomic mass is 19.1. The van der Waals surface area contributed by atoms with Gasteiger partial charge in [0.15, 0.2) is 0 Å². The molecule has 7 heteroatoms. The predicted octanol–water partition coefficient (Wildman–Crippen LogP) is 2.03. The van der Waals surface area contributed by atoms with Crippen molar-refractivity contribution in [3.05, 3.63) is 29.6 Å². The first-order chi connectivity index (χ1) is 10.0. The molecule has 2 N–H and O–H groups in total. The zero-order valence-electron chi connectivity index (χ0n) is 11.2. The second-order valence-corrected chi connectivity index (χ2v) is 4.86. The Balaban J connectivity index is 2.04. The van der Waals surface area contributed by atoms with E-state index in [1.54, 1.807) is 6.07 Å². The van der Waals surface area contributed by atoms with E-state index in [-0.39, 0.29) is 12.1 Å². The molecule has 1 atom stereocenters. The first-order valence-electron chi connectivity index (χ1n) is 6.49. The molecular weight excluding hydrogens is 277 g/mol. The third kappa shape index (κ3) is 3.48. The van der Waals surface area contributed by atoms with E-state index >= 15 is 0 Å². The topological polar surface area (TPSA) is 93.4 Å². The molecule has 0 aliphatic carbocycles. The van der Waals surface area contributed by atoms with Gasteiger partial charge in [0.25, 0.3) is 0 Å². The molecule has 2 amide bonds. The van der Waals surface area contributed by atoms with Gasteiger partial charge in [-0.1, -0.05) is 0 Å². The molecule has 0 radical (unpaired) electrons. The molecule has 0 saturated carbocycles. The minimum Gasteiger partial charge on any atom is -0.481 e. The van der Waals surface area contributed by atoms with Crippen molar-refractivity contribution in [1.29, 1.82) is 5.26 Å². The number of halogens is 1. The molecule has 6 nitrogen and oxygen atoms in total. The van der Waals surface area contributed by atoms with Crippen molar-refractivity contribution in [2.45, 2.75) is 12.8 Å². The SMILES string of the molecule is N#Cc1cc(NC(=O)N2CCC[C@H](C(=O)O)C2)ccc1F. The van der Waals surface area contributed by atoms with Crippen LogP contribution in [0.25, 0.3) is 0 Å². The molecule has 110 valence electrons. The van der Waals surface area contributed by atoms with E-state index in [0.29, 0.717) is 25.1 Å². The van der Waals surface area contributed by atoms with Crippen LogP contribution in [-0.2, 0) is 4.79 Å².